The van der Waals surface area contributed by atoms with Gasteiger partial charge in [0.25, 0.3) is 0 Å². The van der Waals surface area contributed by atoms with Crippen molar-refractivity contribution in [1.82, 2.24) is 5.32 Å². The van der Waals surface area contributed by atoms with Gasteiger partial charge >= 0.3 is 18.2 Å². The fraction of sp³-hybridized carbons (Fsp3) is 0.273. The summed E-state index contributed by atoms with van der Waals surface area (Å²) in [5.74, 6) is -1.54. The minimum atomic E-state index is -4.75. The van der Waals surface area contributed by atoms with E-state index in [0.29, 0.717) is 6.07 Å². The molecule has 116 valence electrons. The number of carboxylic acid groups (broad SMARTS) is 1. The number of carbonyl (C=O) groups excluding carboxylic acids is 1. The molecule has 10 heteroatoms. The summed E-state index contributed by atoms with van der Waals surface area (Å²) >= 11 is 5.60. The average molecular weight is 327 g/mol. The molecule has 1 rings (SSSR count). The van der Waals surface area contributed by atoms with E-state index >= 15 is 0 Å². The van der Waals surface area contributed by atoms with Crippen LogP contribution in [-0.4, -0.2) is 34.9 Å². The molecule has 0 aliphatic carbocycles. The fourth-order valence-electron chi connectivity index (χ4n) is 1.38. The van der Waals surface area contributed by atoms with Crippen molar-refractivity contribution in [3.63, 3.8) is 0 Å². The van der Waals surface area contributed by atoms with Crippen molar-refractivity contribution < 1.29 is 33.0 Å². The Kier molecular flexibility index (Phi) is 5.39. The van der Waals surface area contributed by atoms with Gasteiger partial charge in [0.2, 0.25) is 0 Å². The summed E-state index contributed by atoms with van der Waals surface area (Å²) in [6, 6.07) is 0.00838. The Balaban J connectivity index is 2.98. The number of para-hydroxylation sites is 1. The van der Waals surface area contributed by atoms with Crippen LogP contribution in [0.15, 0.2) is 18.2 Å². The van der Waals surface area contributed by atoms with Crippen LogP contribution < -0.4 is 10.6 Å². The van der Waals surface area contributed by atoms with Crippen molar-refractivity contribution in [2.45, 2.75) is 12.2 Å². The molecule has 1 aromatic carbocycles. The van der Waals surface area contributed by atoms with E-state index in [4.69, 9.17) is 21.8 Å². The summed E-state index contributed by atoms with van der Waals surface area (Å²) < 4.78 is 38.3. The summed E-state index contributed by atoms with van der Waals surface area (Å²) in [6.45, 7) is -0.919. The lowest BCUT2D eigenvalue weighted by Gasteiger charge is -2.17. The first-order valence-corrected chi connectivity index (χ1v) is 5.81. The molecule has 0 fully saturated rings. The van der Waals surface area contributed by atoms with Crippen LogP contribution in [0.3, 0.4) is 0 Å². The number of hydrogen-bond donors (Lipinski definition) is 4. The minimum absolute atomic E-state index is 0.365. The summed E-state index contributed by atoms with van der Waals surface area (Å²) in [5.41, 5.74) is -1.88. The number of rotatable bonds is 4. The molecule has 0 unspecified atom stereocenters. The molecule has 0 saturated carbocycles. The van der Waals surface area contributed by atoms with Gasteiger partial charge in [-0.25, -0.2) is 9.59 Å². The lowest BCUT2D eigenvalue weighted by atomic mass is 10.1. The van der Waals surface area contributed by atoms with E-state index in [9.17, 15) is 22.8 Å². The molecule has 1 aromatic rings. The smallest absolute Gasteiger partial charge is 0.418 e. The van der Waals surface area contributed by atoms with E-state index in [1.54, 1.807) is 5.32 Å². The highest BCUT2D eigenvalue weighted by Gasteiger charge is 2.35. The number of alkyl halides is 3. The van der Waals surface area contributed by atoms with Gasteiger partial charge in [-0.05, 0) is 12.1 Å². The zero-order valence-corrected chi connectivity index (χ0v) is 11.0. The van der Waals surface area contributed by atoms with Gasteiger partial charge in [0, 0.05) is 0 Å². The number of benzene rings is 1. The van der Waals surface area contributed by atoms with Crippen LogP contribution in [0.25, 0.3) is 0 Å². The molecule has 0 bridgehead atoms. The number of hydrogen-bond acceptors (Lipinski definition) is 3. The molecule has 0 heterocycles. The second kappa shape index (κ2) is 6.64. The van der Waals surface area contributed by atoms with Crippen LogP contribution in [-0.2, 0) is 11.0 Å². The molecule has 21 heavy (non-hydrogen) atoms. The molecule has 0 radical (unpaired) electrons. The number of halogens is 4. The molecule has 0 aromatic heterocycles. The zero-order chi connectivity index (χ0) is 16.2. The maximum Gasteiger partial charge on any atom is 0.418 e. The first kappa shape index (κ1) is 17.1. The topological polar surface area (TPSA) is 98.7 Å². The molecule has 1 atom stereocenters. The van der Waals surface area contributed by atoms with Crippen molar-refractivity contribution in [3.8, 4) is 0 Å². The van der Waals surface area contributed by atoms with E-state index in [0.717, 1.165) is 12.1 Å². The van der Waals surface area contributed by atoms with Gasteiger partial charge in [-0.1, -0.05) is 17.7 Å². The number of anilines is 1. The molecular formula is C11H10ClF3N2O4. The molecular weight excluding hydrogens is 317 g/mol. The fourth-order valence-corrected chi connectivity index (χ4v) is 1.60. The zero-order valence-electron chi connectivity index (χ0n) is 10.2. The standard InChI is InChI=1S/C11H10ClF3N2O4/c12-6-3-1-2-5(11(13,14)15)8(6)17-10(21)16-7(4-18)9(19)20/h1-3,7,18H,4H2,(H,19,20)(H2,16,17,21)/t7-/m0/s1. The first-order chi connectivity index (χ1) is 9.66. The second-order valence-electron chi connectivity index (χ2n) is 3.83. The van der Waals surface area contributed by atoms with Gasteiger partial charge in [-0.2, -0.15) is 13.2 Å². The number of urea groups is 1. The summed E-state index contributed by atoms with van der Waals surface area (Å²) in [7, 11) is 0. The molecule has 0 aliphatic heterocycles. The summed E-state index contributed by atoms with van der Waals surface area (Å²) in [4.78, 5) is 22.1. The van der Waals surface area contributed by atoms with Crippen LogP contribution >= 0.6 is 11.6 Å². The van der Waals surface area contributed by atoms with Gasteiger partial charge in [0.15, 0.2) is 6.04 Å². The predicted octanol–water partition coefficient (Wildman–Crippen LogP) is 1.93. The van der Waals surface area contributed by atoms with Crippen LogP contribution in [0.1, 0.15) is 5.56 Å². The minimum Gasteiger partial charge on any atom is -0.480 e. The highest BCUT2D eigenvalue weighted by atomic mass is 35.5. The van der Waals surface area contributed by atoms with E-state index in [1.807, 2.05) is 5.32 Å². The van der Waals surface area contributed by atoms with Gasteiger partial charge in [-0.3, -0.25) is 0 Å². The Morgan fingerprint density at radius 1 is 1.33 bits per heavy atom. The number of aliphatic hydroxyl groups excluding tert-OH is 1. The Bertz CT molecular complexity index is 551. The Morgan fingerprint density at radius 3 is 2.43 bits per heavy atom. The molecule has 0 spiro atoms. The highest BCUT2D eigenvalue weighted by molar-refractivity contribution is 6.34. The lowest BCUT2D eigenvalue weighted by molar-refractivity contribution is -0.140. The third-order valence-electron chi connectivity index (χ3n) is 2.34. The quantitative estimate of drug-likeness (QED) is 0.679. The van der Waals surface area contributed by atoms with Gasteiger partial charge in [0.05, 0.1) is 22.9 Å². The van der Waals surface area contributed by atoms with Gasteiger partial charge < -0.3 is 20.8 Å². The van der Waals surface area contributed by atoms with E-state index in [-0.39, 0.29) is 5.02 Å². The summed E-state index contributed by atoms with van der Waals surface area (Å²) in [5, 5.41) is 20.6. The lowest BCUT2D eigenvalue weighted by Crippen LogP contribution is -2.45. The van der Waals surface area contributed by atoms with E-state index in [2.05, 4.69) is 0 Å². The third kappa shape index (κ3) is 4.50. The SMILES string of the molecule is O=C(Nc1c(Cl)cccc1C(F)(F)F)N[C@@H](CO)C(=O)O. The monoisotopic (exact) mass is 326 g/mol. The Morgan fingerprint density at radius 2 is 1.95 bits per heavy atom. The maximum atomic E-state index is 12.8. The second-order valence-corrected chi connectivity index (χ2v) is 4.24. The molecule has 6 nitrogen and oxygen atoms in total. The maximum absolute atomic E-state index is 12.8. The van der Waals surface area contributed by atoms with Crippen molar-refractivity contribution in [2.75, 3.05) is 11.9 Å². The van der Waals surface area contributed by atoms with Crippen LogP contribution in [0.4, 0.5) is 23.7 Å². The van der Waals surface area contributed by atoms with Crippen LogP contribution in [0, 0.1) is 0 Å². The Hall–Kier alpha value is -2.00. The number of carbonyl (C=O) groups is 2. The first-order valence-electron chi connectivity index (χ1n) is 5.43. The molecule has 2 amide bonds. The Labute approximate surface area is 121 Å². The van der Waals surface area contributed by atoms with Gasteiger partial charge in [0.1, 0.15) is 0 Å². The predicted molar refractivity (Wildman–Crippen MR) is 67.1 cm³/mol. The largest absolute Gasteiger partial charge is 0.480 e. The third-order valence-corrected chi connectivity index (χ3v) is 2.66. The van der Waals surface area contributed by atoms with E-state index in [1.165, 1.54) is 0 Å². The molecule has 0 saturated heterocycles. The van der Waals surface area contributed by atoms with E-state index < -0.39 is 42.1 Å². The number of carboxylic acids is 1. The number of nitrogens with one attached hydrogen (secondary N) is 2. The molecule has 0 aliphatic rings. The molecule has 4 N–H and O–H groups in total. The normalized spacial score (nSPS) is 12.6. The highest BCUT2D eigenvalue weighted by Crippen LogP contribution is 2.38. The van der Waals surface area contributed by atoms with Crippen molar-refractivity contribution in [2.24, 2.45) is 0 Å². The van der Waals surface area contributed by atoms with Crippen LogP contribution in [0.5, 0.6) is 0 Å². The number of aliphatic carboxylic acids is 1. The average Bonchev–Trinajstić information content (AvgIpc) is 2.36. The van der Waals surface area contributed by atoms with Crippen molar-refractivity contribution in [3.05, 3.63) is 28.8 Å². The number of aliphatic hydroxyl groups is 1. The summed E-state index contributed by atoms with van der Waals surface area (Å²) in [6.07, 6.45) is -4.75. The van der Waals surface area contributed by atoms with Crippen molar-refractivity contribution in [1.29, 1.82) is 0 Å². The van der Waals surface area contributed by atoms with Crippen LogP contribution in [0.2, 0.25) is 5.02 Å². The number of amides is 2. The van der Waals surface area contributed by atoms with Crippen molar-refractivity contribution >= 4 is 29.3 Å². The van der Waals surface area contributed by atoms with Gasteiger partial charge in [-0.15, -0.1) is 0 Å².